The Morgan fingerprint density at radius 2 is 1.83 bits per heavy atom. The van der Waals surface area contributed by atoms with Gasteiger partial charge in [0.05, 0.1) is 0 Å². The summed E-state index contributed by atoms with van der Waals surface area (Å²) < 4.78 is 6.70. The molecule has 0 saturated heterocycles. The summed E-state index contributed by atoms with van der Waals surface area (Å²) in [5.74, 6) is 0.290. The average molecular weight is 461 g/mol. The van der Waals surface area contributed by atoms with Gasteiger partial charge in [0, 0.05) is 17.6 Å². The van der Waals surface area contributed by atoms with Crippen molar-refractivity contribution in [1.82, 2.24) is 10.2 Å². The van der Waals surface area contributed by atoms with Crippen LogP contribution in [0.4, 0.5) is 0 Å². The fourth-order valence-electron chi connectivity index (χ4n) is 2.85. The van der Waals surface area contributed by atoms with Crippen LogP contribution in [0.1, 0.15) is 37.8 Å². The van der Waals surface area contributed by atoms with E-state index in [0.29, 0.717) is 18.8 Å². The Bertz CT molecular complexity index is 808. The van der Waals surface area contributed by atoms with Gasteiger partial charge in [-0.2, -0.15) is 0 Å². The van der Waals surface area contributed by atoms with Gasteiger partial charge in [0.15, 0.2) is 6.61 Å². The number of hydrogen-bond acceptors (Lipinski definition) is 3. The van der Waals surface area contributed by atoms with Gasteiger partial charge in [-0.25, -0.2) is 0 Å². The molecule has 29 heavy (non-hydrogen) atoms. The third-order valence-corrected chi connectivity index (χ3v) is 5.24. The maximum atomic E-state index is 13.0. The SMILES string of the molecule is CCCCNC(=O)[C@H](C)N(Cc1ccc(Br)cc1)C(=O)COc1ccccc1C. The number of aryl methyl sites for hydroxylation is 1. The largest absolute Gasteiger partial charge is 0.484 e. The maximum Gasteiger partial charge on any atom is 0.261 e. The van der Waals surface area contributed by atoms with Crippen molar-refractivity contribution < 1.29 is 14.3 Å². The van der Waals surface area contributed by atoms with E-state index in [1.807, 2.05) is 55.5 Å². The van der Waals surface area contributed by atoms with Crippen molar-refractivity contribution >= 4 is 27.7 Å². The van der Waals surface area contributed by atoms with E-state index in [0.717, 1.165) is 28.4 Å². The van der Waals surface area contributed by atoms with E-state index in [-0.39, 0.29) is 18.4 Å². The van der Waals surface area contributed by atoms with E-state index in [9.17, 15) is 9.59 Å². The van der Waals surface area contributed by atoms with Crippen LogP contribution in [0.3, 0.4) is 0 Å². The second kappa shape index (κ2) is 11.6. The van der Waals surface area contributed by atoms with Crippen molar-refractivity contribution in [3.05, 3.63) is 64.1 Å². The summed E-state index contributed by atoms with van der Waals surface area (Å²) in [6.45, 7) is 6.59. The number of benzene rings is 2. The molecule has 1 atom stereocenters. The predicted octanol–water partition coefficient (Wildman–Crippen LogP) is 4.47. The van der Waals surface area contributed by atoms with E-state index in [1.54, 1.807) is 11.8 Å². The van der Waals surface area contributed by atoms with Crippen LogP contribution in [0, 0.1) is 6.92 Å². The van der Waals surface area contributed by atoms with Gasteiger partial charge in [-0.3, -0.25) is 9.59 Å². The molecule has 6 heteroatoms. The summed E-state index contributed by atoms with van der Waals surface area (Å²) in [4.78, 5) is 27.1. The monoisotopic (exact) mass is 460 g/mol. The molecule has 5 nitrogen and oxygen atoms in total. The number of halogens is 1. The lowest BCUT2D eigenvalue weighted by Gasteiger charge is -2.29. The quantitative estimate of drug-likeness (QED) is 0.532. The zero-order valence-corrected chi connectivity index (χ0v) is 18.9. The topological polar surface area (TPSA) is 58.6 Å². The molecule has 0 fully saturated rings. The number of ether oxygens (including phenoxy) is 1. The third-order valence-electron chi connectivity index (χ3n) is 4.71. The van der Waals surface area contributed by atoms with E-state index >= 15 is 0 Å². The number of amides is 2. The van der Waals surface area contributed by atoms with Gasteiger partial charge in [-0.1, -0.05) is 59.6 Å². The molecule has 2 aromatic rings. The predicted molar refractivity (Wildman–Crippen MR) is 119 cm³/mol. The third kappa shape index (κ3) is 7.20. The number of nitrogens with one attached hydrogen (secondary N) is 1. The summed E-state index contributed by atoms with van der Waals surface area (Å²) in [6, 6.07) is 14.7. The average Bonchev–Trinajstić information content (AvgIpc) is 2.72. The van der Waals surface area contributed by atoms with E-state index < -0.39 is 6.04 Å². The summed E-state index contributed by atoms with van der Waals surface area (Å²) in [7, 11) is 0. The maximum absolute atomic E-state index is 13.0. The normalized spacial score (nSPS) is 11.6. The Balaban J connectivity index is 2.11. The number of nitrogens with zero attached hydrogens (tertiary/aromatic N) is 1. The lowest BCUT2D eigenvalue weighted by molar-refractivity contribution is -0.142. The van der Waals surface area contributed by atoms with Crippen molar-refractivity contribution in [3.8, 4) is 5.75 Å². The Labute approximate surface area is 181 Å². The second-order valence-electron chi connectivity index (χ2n) is 7.02. The number of para-hydroxylation sites is 1. The summed E-state index contributed by atoms with van der Waals surface area (Å²) in [5, 5.41) is 2.92. The number of hydrogen-bond donors (Lipinski definition) is 1. The van der Waals surface area contributed by atoms with Crippen molar-refractivity contribution in [1.29, 1.82) is 0 Å². The molecule has 2 amide bonds. The molecular formula is C23H29BrN2O3. The van der Waals surface area contributed by atoms with Gasteiger partial charge in [-0.05, 0) is 49.6 Å². The molecular weight excluding hydrogens is 432 g/mol. The first-order valence-corrected chi connectivity index (χ1v) is 10.7. The van der Waals surface area contributed by atoms with Gasteiger partial charge in [0.2, 0.25) is 5.91 Å². The smallest absolute Gasteiger partial charge is 0.261 e. The molecule has 0 aliphatic carbocycles. The zero-order chi connectivity index (χ0) is 21.2. The molecule has 0 bridgehead atoms. The van der Waals surface area contributed by atoms with Crippen molar-refractivity contribution in [2.24, 2.45) is 0 Å². The standard InChI is InChI=1S/C23H29BrN2O3/c1-4-5-14-25-23(28)18(3)26(15-19-10-12-20(24)13-11-19)22(27)16-29-21-9-7-6-8-17(21)2/h6-13,18H,4-5,14-16H2,1-3H3,(H,25,28)/t18-/m0/s1. The van der Waals surface area contributed by atoms with E-state index in [1.165, 1.54) is 0 Å². The first-order chi connectivity index (χ1) is 13.9. The molecule has 1 N–H and O–H groups in total. The van der Waals surface area contributed by atoms with Crippen LogP contribution in [0.5, 0.6) is 5.75 Å². The molecule has 2 rings (SSSR count). The van der Waals surface area contributed by atoms with Crippen LogP contribution in [-0.2, 0) is 16.1 Å². The second-order valence-corrected chi connectivity index (χ2v) is 7.94. The van der Waals surface area contributed by atoms with Crippen LogP contribution in [-0.4, -0.2) is 35.9 Å². The molecule has 0 spiro atoms. The Morgan fingerprint density at radius 1 is 1.14 bits per heavy atom. The van der Waals surface area contributed by atoms with Crippen LogP contribution in [0.15, 0.2) is 53.0 Å². The zero-order valence-electron chi connectivity index (χ0n) is 17.3. The number of unbranched alkanes of at least 4 members (excludes halogenated alkanes) is 1. The summed E-state index contributed by atoms with van der Waals surface area (Å²) in [5.41, 5.74) is 1.91. The lowest BCUT2D eigenvalue weighted by atomic mass is 10.1. The van der Waals surface area contributed by atoms with Gasteiger partial charge >= 0.3 is 0 Å². The molecule has 0 saturated carbocycles. The molecule has 0 aliphatic rings. The number of rotatable bonds is 10. The van der Waals surface area contributed by atoms with E-state index in [4.69, 9.17) is 4.74 Å². The highest BCUT2D eigenvalue weighted by molar-refractivity contribution is 9.10. The van der Waals surface area contributed by atoms with Crippen molar-refractivity contribution in [3.63, 3.8) is 0 Å². The minimum Gasteiger partial charge on any atom is -0.484 e. The molecule has 0 heterocycles. The van der Waals surface area contributed by atoms with Crippen molar-refractivity contribution in [2.45, 2.75) is 46.2 Å². The number of carbonyl (C=O) groups is 2. The van der Waals surface area contributed by atoms with Crippen molar-refractivity contribution in [2.75, 3.05) is 13.2 Å². The molecule has 156 valence electrons. The van der Waals surface area contributed by atoms with Gasteiger partial charge in [-0.15, -0.1) is 0 Å². The minimum atomic E-state index is -0.594. The van der Waals surface area contributed by atoms with Crippen LogP contribution in [0.25, 0.3) is 0 Å². The first-order valence-electron chi connectivity index (χ1n) is 9.92. The van der Waals surface area contributed by atoms with Crippen LogP contribution < -0.4 is 10.1 Å². The summed E-state index contributed by atoms with van der Waals surface area (Å²) in [6.07, 6.45) is 1.91. The lowest BCUT2D eigenvalue weighted by Crippen LogP contribution is -2.49. The van der Waals surface area contributed by atoms with Crippen LogP contribution >= 0.6 is 15.9 Å². The fraction of sp³-hybridized carbons (Fsp3) is 0.391. The highest BCUT2D eigenvalue weighted by Gasteiger charge is 2.26. The minimum absolute atomic E-state index is 0.117. The molecule has 0 aromatic heterocycles. The summed E-state index contributed by atoms with van der Waals surface area (Å²) >= 11 is 3.42. The van der Waals surface area contributed by atoms with Gasteiger partial charge in [0.25, 0.3) is 5.91 Å². The Hall–Kier alpha value is -2.34. The number of carbonyl (C=O) groups excluding carboxylic acids is 2. The first kappa shape index (κ1) is 22.9. The Kier molecular flexibility index (Phi) is 9.19. The van der Waals surface area contributed by atoms with E-state index in [2.05, 4.69) is 28.2 Å². The highest BCUT2D eigenvalue weighted by Crippen LogP contribution is 2.18. The fourth-order valence-corrected chi connectivity index (χ4v) is 3.11. The molecule has 0 radical (unpaired) electrons. The Morgan fingerprint density at radius 3 is 2.48 bits per heavy atom. The van der Waals surface area contributed by atoms with Crippen LogP contribution in [0.2, 0.25) is 0 Å². The van der Waals surface area contributed by atoms with Gasteiger partial charge in [0.1, 0.15) is 11.8 Å². The highest BCUT2D eigenvalue weighted by atomic mass is 79.9. The molecule has 2 aromatic carbocycles. The molecule has 0 aliphatic heterocycles. The van der Waals surface area contributed by atoms with Gasteiger partial charge < -0.3 is 15.0 Å². The molecule has 0 unspecified atom stereocenters.